The SMILES string of the molecule is O=C1c2cc(Cl)cc(Cl)c2OCN1CCO. The minimum atomic E-state index is -0.236. The van der Waals surface area contributed by atoms with E-state index in [4.69, 9.17) is 33.0 Å². The Morgan fingerprint density at radius 1 is 1.44 bits per heavy atom. The lowest BCUT2D eigenvalue weighted by Crippen LogP contribution is -2.40. The van der Waals surface area contributed by atoms with Gasteiger partial charge in [0.05, 0.1) is 17.2 Å². The molecule has 1 aliphatic rings. The Balaban J connectivity index is 2.40. The van der Waals surface area contributed by atoms with Crippen molar-refractivity contribution in [3.05, 3.63) is 27.7 Å². The van der Waals surface area contributed by atoms with E-state index in [1.807, 2.05) is 0 Å². The summed E-state index contributed by atoms with van der Waals surface area (Å²) >= 11 is 11.7. The zero-order valence-corrected chi connectivity index (χ0v) is 9.75. The quantitative estimate of drug-likeness (QED) is 0.883. The van der Waals surface area contributed by atoms with Crippen molar-refractivity contribution in [1.82, 2.24) is 4.90 Å². The van der Waals surface area contributed by atoms with Crippen molar-refractivity contribution in [1.29, 1.82) is 0 Å². The van der Waals surface area contributed by atoms with Crippen LogP contribution in [0.3, 0.4) is 0 Å². The first kappa shape index (κ1) is 11.5. The second-order valence-electron chi connectivity index (χ2n) is 3.33. The molecule has 0 radical (unpaired) electrons. The van der Waals surface area contributed by atoms with Gasteiger partial charge in [0.15, 0.2) is 12.5 Å². The minimum absolute atomic E-state index is 0.0910. The minimum Gasteiger partial charge on any atom is -0.471 e. The van der Waals surface area contributed by atoms with E-state index in [0.717, 1.165) is 0 Å². The first-order valence-corrected chi connectivity index (χ1v) is 5.41. The third-order valence-electron chi connectivity index (χ3n) is 2.26. The lowest BCUT2D eigenvalue weighted by Gasteiger charge is -2.28. The Morgan fingerprint density at radius 2 is 2.19 bits per heavy atom. The molecule has 0 aromatic heterocycles. The number of halogens is 2. The van der Waals surface area contributed by atoms with Gasteiger partial charge in [0.2, 0.25) is 0 Å². The Labute approximate surface area is 102 Å². The molecule has 1 aromatic carbocycles. The van der Waals surface area contributed by atoms with Crippen molar-refractivity contribution in [3.8, 4) is 5.75 Å². The molecule has 1 heterocycles. The molecule has 0 bridgehead atoms. The van der Waals surface area contributed by atoms with Crippen molar-refractivity contribution < 1.29 is 14.6 Å². The van der Waals surface area contributed by atoms with Crippen LogP contribution in [0.4, 0.5) is 0 Å². The third-order valence-corrected chi connectivity index (χ3v) is 2.76. The smallest absolute Gasteiger partial charge is 0.260 e. The number of fused-ring (bicyclic) bond motifs is 1. The number of rotatable bonds is 2. The van der Waals surface area contributed by atoms with E-state index < -0.39 is 0 Å². The van der Waals surface area contributed by atoms with Gasteiger partial charge in [0, 0.05) is 11.6 Å². The van der Waals surface area contributed by atoms with E-state index in [-0.39, 0.29) is 25.8 Å². The summed E-state index contributed by atoms with van der Waals surface area (Å²) in [5.41, 5.74) is 0.331. The number of aliphatic hydroxyl groups excluding tert-OH is 1. The van der Waals surface area contributed by atoms with Crippen molar-refractivity contribution in [2.45, 2.75) is 0 Å². The number of carbonyl (C=O) groups is 1. The largest absolute Gasteiger partial charge is 0.471 e. The topological polar surface area (TPSA) is 49.8 Å². The maximum absolute atomic E-state index is 11.9. The van der Waals surface area contributed by atoms with Crippen LogP contribution in [0.25, 0.3) is 0 Å². The van der Waals surface area contributed by atoms with Crippen LogP contribution in [0, 0.1) is 0 Å². The molecule has 0 unspecified atom stereocenters. The van der Waals surface area contributed by atoms with E-state index in [0.29, 0.717) is 21.4 Å². The van der Waals surface area contributed by atoms with Crippen molar-refractivity contribution in [3.63, 3.8) is 0 Å². The molecule has 2 rings (SSSR count). The Hall–Kier alpha value is -0.970. The summed E-state index contributed by atoms with van der Waals surface area (Å²) in [6.07, 6.45) is 0. The van der Waals surface area contributed by atoms with Gasteiger partial charge in [-0.2, -0.15) is 0 Å². The second kappa shape index (κ2) is 4.49. The first-order chi connectivity index (χ1) is 7.63. The van der Waals surface area contributed by atoms with Gasteiger partial charge in [-0.05, 0) is 12.1 Å². The second-order valence-corrected chi connectivity index (χ2v) is 4.17. The lowest BCUT2D eigenvalue weighted by atomic mass is 10.1. The number of benzene rings is 1. The van der Waals surface area contributed by atoms with Crippen LogP contribution in [0.15, 0.2) is 12.1 Å². The fraction of sp³-hybridized carbons (Fsp3) is 0.300. The van der Waals surface area contributed by atoms with Gasteiger partial charge in [0.1, 0.15) is 0 Å². The molecule has 0 atom stereocenters. The zero-order valence-electron chi connectivity index (χ0n) is 8.24. The number of aliphatic hydroxyl groups is 1. The van der Waals surface area contributed by atoms with E-state index in [2.05, 4.69) is 0 Å². The monoisotopic (exact) mass is 261 g/mol. The maximum Gasteiger partial charge on any atom is 0.260 e. The van der Waals surface area contributed by atoms with Gasteiger partial charge in [-0.15, -0.1) is 0 Å². The van der Waals surface area contributed by atoms with Gasteiger partial charge in [-0.1, -0.05) is 23.2 Å². The van der Waals surface area contributed by atoms with Gasteiger partial charge in [-0.25, -0.2) is 0 Å². The van der Waals surface area contributed by atoms with E-state index >= 15 is 0 Å². The van der Waals surface area contributed by atoms with E-state index in [1.54, 1.807) is 0 Å². The number of β-amino-alcohol motifs (C(OH)–C–C–N with tert-alkyl or cyclic N) is 1. The molecule has 0 spiro atoms. The molecule has 0 saturated heterocycles. The Kier molecular flexibility index (Phi) is 3.23. The molecular weight excluding hydrogens is 253 g/mol. The normalized spacial score (nSPS) is 14.7. The summed E-state index contributed by atoms with van der Waals surface area (Å²) in [6, 6.07) is 3.03. The molecule has 1 amide bonds. The number of carbonyl (C=O) groups excluding carboxylic acids is 1. The molecule has 86 valence electrons. The van der Waals surface area contributed by atoms with E-state index in [9.17, 15) is 4.79 Å². The maximum atomic E-state index is 11.9. The highest BCUT2D eigenvalue weighted by Gasteiger charge is 2.27. The molecule has 16 heavy (non-hydrogen) atoms. The molecular formula is C10H9Cl2NO3. The lowest BCUT2D eigenvalue weighted by molar-refractivity contribution is 0.0470. The predicted octanol–water partition coefficient (Wildman–Crippen LogP) is 1.78. The third kappa shape index (κ3) is 1.96. The van der Waals surface area contributed by atoms with Crippen molar-refractivity contribution in [2.75, 3.05) is 19.9 Å². The highest BCUT2D eigenvalue weighted by atomic mass is 35.5. The fourth-order valence-corrected chi connectivity index (χ4v) is 2.07. The summed E-state index contributed by atoms with van der Waals surface area (Å²) in [5.74, 6) is 0.116. The number of hydrogen-bond acceptors (Lipinski definition) is 3. The van der Waals surface area contributed by atoms with Crippen LogP contribution in [-0.4, -0.2) is 35.8 Å². The summed E-state index contributed by atoms with van der Waals surface area (Å²) in [6.45, 7) is 0.203. The molecule has 4 nitrogen and oxygen atoms in total. The van der Waals surface area contributed by atoms with Gasteiger partial charge >= 0.3 is 0 Å². The van der Waals surface area contributed by atoms with Gasteiger partial charge in [-0.3, -0.25) is 4.79 Å². The Bertz CT molecular complexity index is 436. The van der Waals surface area contributed by atoms with Crippen LogP contribution < -0.4 is 4.74 Å². The summed E-state index contributed by atoms with van der Waals surface area (Å²) < 4.78 is 5.35. The highest BCUT2D eigenvalue weighted by molar-refractivity contribution is 6.36. The standard InChI is InChI=1S/C10H9Cl2NO3/c11-6-3-7-9(8(12)4-6)16-5-13(1-2-14)10(7)15/h3-4,14H,1-2,5H2. The van der Waals surface area contributed by atoms with Crippen LogP contribution in [-0.2, 0) is 0 Å². The van der Waals surface area contributed by atoms with E-state index in [1.165, 1.54) is 17.0 Å². The number of amides is 1. The number of hydrogen-bond donors (Lipinski definition) is 1. The summed E-state index contributed by atoms with van der Waals surface area (Å²) in [5, 5.41) is 9.49. The molecule has 1 aromatic rings. The molecule has 0 aliphatic carbocycles. The Morgan fingerprint density at radius 3 is 2.88 bits per heavy atom. The zero-order chi connectivity index (χ0) is 11.7. The fourth-order valence-electron chi connectivity index (χ4n) is 1.52. The first-order valence-electron chi connectivity index (χ1n) is 4.65. The average Bonchev–Trinajstić information content (AvgIpc) is 2.23. The van der Waals surface area contributed by atoms with Gasteiger partial charge in [0.25, 0.3) is 5.91 Å². The number of nitrogens with zero attached hydrogens (tertiary/aromatic N) is 1. The van der Waals surface area contributed by atoms with Crippen LogP contribution in [0.2, 0.25) is 10.0 Å². The molecule has 1 aliphatic heterocycles. The highest BCUT2D eigenvalue weighted by Crippen LogP contribution is 2.35. The summed E-state index contributed by atoms with van der Waals surface area (Å²) in [7, 11) is 0. The van der Waals surface area contributed by atoms with Crippen LogP contribution in [0.5, 0.6) is 5.75 Å². The molecule has 1 N–H and O–H groups in total. The average molecular weight is 262 g/mol. The van der Waals surface area contributed by atoms with Crippen LogP contribution >= 0.6 is 23.2 Å². The van der Waals surface area contributed by atoms with Crippen LogP contribution in [0.1, 0.15) is 10.4 Å². The molecule has 0 fully saturated rings. The number of ether oxygens (including phenoxy) is 1. The van der Waals surface area contributed by atoms with Crippen molar-refractivity contribution in [2.24, 2.45) is 0 Å². The van der Waals surface area contributed by atoms with Gasteiger partial charge < -0.3 is 14.7 Å². The predicted molar refractivity (Wildman–Crippen MR) is 60.1 cm³/mol. The summed E-state index contributed by atoms with van der Waals surface area (Å²) in [4.78, 5) is 13.3. The van der Waals surface area contributed by atoms with Crippen molar-refractivity contribution >= 4 is 29.1 Å². The molecule has 6 heteroatoms. The molecule has 0 saturated carbocycles.